The van der Waals surface area contributed by atoms with E-state index in [1.165, 1.54) is 7.05 Å². The monoisotopic (exact) mass is 468 g/mol. The molecule has 0 unspecified atom stereocenters. The summed E-state index contributed by atoms with van der Waals surface area (Å²) in [6.07, 6.45) is -1.02. The average Bonchev–Trinajstić information content (AvgIpc) is 3.11. The van der Waals surface area contributed by atoms with Gasteiger partial charge in [-0.15, -0.1) is 0 Å². The lowest BCUT2D eigenvalue weighted by atomic mass is 10.1. The molecule has 2 aromatic heterocycles. The van der Waals surface area contributed by atoms with E-state index in [9.17, 15) is 27.9 Å². The fourth-order valence-corrected chi connectivity index (χ4v) is 3.94. The molecule has 0 bridgehead atoms. The third-order valence-corrected chi connectivity index (χ3v) is 5.00. The standard InChI is InChI=1S/C15H8Cl2F3N3O5S/c1-23-13(28-14(19)20)9(17)11(22-23)8-5(18)2-4(16)10-12(8)29-15(21-10)27-7(26)3-6(24)25/h2,14H,3H2,1H3,(H,24,25)/p-1. The van der Waals surface area contributed by atoms with E-state index in [0.29, 0.717) is 11.3 Å². The molecule has 14 heteroatoms. The molecular weight excluding hydrogens is 462 g/mol. The smallest absolute Gasteiger partial charge is 0.388 e. The number of nitrogens with zero attached hydrogens (tertiary/aromatic N) is 3. The number of esters is 1. The Morgan fingerprint density at radius 3 is 2.69 bits per heavy atom. The molecule has 3 aromatic rings. The van der Waals surface area contributed by atoms with Crippen molar-refractivity contribution >= 4 is 56.7 Å². The van der Waals surface area contributed by atoms with Crippen molar-refractivity contribution < 1.29 is 37.3 Å². The Kier molecular flexibility index (Phi) is 5.87. The largest absolute Gasteiger partial charge is 0.550 e. The lowest BCUT2D eigenvalue weighted by Gasteiger charge is -2.04. The van der Waals surface area contributed by atoms with Crippen LogP contribution in [0.3, 0.4) is 0 Å². The zero-order chi connectivity index (χ0) is 21.5. The number of aromatic nitrogens is 3. The first kappa shape index (κ1) is 21.1. The molecule has 0 aliphatic rings. The number of carboxylic acid groups (broad SMARTS) is 1. The Morgan fingerprint density at radius 2 is 2.07 bits per heavy atom. The summed E-state index contributed by atoms with van der Waals surface area (Å²) in [5.74, 6) is -4.22. The second-order valence-electron chi connectivity index (χ2n) is 5.37. The van der Waals surface area contributed by atoms with Gasteiger partial charge in [0.2, 0.25) is 5.88 Å². The van der Waals surface area contributed by atoms with Crippen molar-refractivity contribution in [3.05, 3.63) is 21.9 Å². The molecule has 154 valence electrons. The maximum absolute atomic E-state index is 14.7. The van der Waals surface area contributed by atoms with Crippen LogP contribution in [0.15, 0.2) is 6.07 Å². The quantitative estimate of drug-likeness (QED) is 0.404. The van der Waals surface area contributed by atoms with Crippen LogP contribution < -0.4 is 14.6 Å². The summed E-state index contributed by atoms with van der Waals surface area (Å²) in [4.78, 5) is 25.9. The normalized spacial score (nSPS) is 11.3. The van der Waals surface area contributed by atoms with Crippen LogP contribution in [0.5, 0.6) is 11.1 Å². The number of thiazole rings is 1. The molecular formula is C15H7Cl2F3N3O5S-. The van der Waals surface area contributed by atoms with Crippen LogP contribution in [0.2, 0.25) is 10.0 Å². The minimum atomic E-state index is -3.19. The fraction of sp³-hybridized carbons (Fsp3) is 0.200. The number of carbonyl (C=O) groups excluding carboxylic acids is 2. The molecule has 8 nitrogen and oxygen atoms in total. The summed E-state index contributed by atoms with van der Waals surface area (Å²) in [6, 6.07) is 0.893. The lowest BCUT2D eigenvalue weighted by molar-refractivity contribution is -0.304. The van der Waals surface area contributed by atoms with Crippen LogP contribution in [-0.4, -0.2) is 33.3 Å². The van der Waals surface area contributed by atoms with Crippen molar-refractivity contribution in [1.29, 1.82) is 0 Å². The van der Waals surface area contributed by atoms with Gasteiger partial charge in [0.25, 0.3) is 5.19 Å². The number of carbonyl (C=O) groups is 2. The summed E-state index contributed by atoms with van der Waals surface area (Å²) in [5.41, 5.74) is -0.476. The molecule has 3 rings (SSSR count). The van der Waals surface area contributed by atoms with Crippen LogP contribution in [0.1, 0.15) is 6.42 Å². The summed E-state index contributed by atoms with van der Waals surface area (Å²) in [6.45, 7) is -3.19. The van der Waals surface area contributed by atoms with E-state index in [4.69, 9.17) is 27.9 Å². The van der Waals surface area contributed by atoms with Crippen molar-refractivity contribution in [1.82, 2.24) is 14.8 Å². The van der Waals surface area contributed by atoms with Crippen molar-refractivity contribution in [2.24, 2.45) is 7.05 Å². The number of carboxylic acids is 1. The Labute approximate surface area is 173 Å². The van der Waals surface area contributed by atoms with E-state index in [1.807, 2.05) is 0 Å². The summed E-state index contributed by atoms with van der Waals surface area (Å²) in [7, 11) is 1.26. The molecule has 0 saturated carbocycles. The van der Waals surface area contributed by atoms with E-state index in [-0.39, 0.29) is 36.7 Å². The number of aliphatic carboxylic acids is 1. The second-order valence-corrected chi connectivity index (χ2v) is 7.11. The lowest BCUT2D eigenvalue weighted by Crippen LogP contribution is -2.27. The first-order chi connectivity index (χ1) is 13.6. The Morgan fingerprint density at radius 1 is 1.38 bits per heavy atom. The van der Waals surface area contributed by atoms with Crippen molar-refractivity contribution in [3.8, 4) is 22.3 Å². The van der Waals surface area contributed by atoms with E-state index < -0.39 is 36.7 Å². The molecule has 0 fully saturated rings. The van der Waals surface area contributed by atoms with Crippen molar-refractivity contribution in [3.63, 3.8) is 0 Å². The van der Waals surface area contributed by atoms with Crippen molar-refractivity contribution in [2.45, 2.75) is 13.0 Å². The summed E-state index contributed by atoms with van der Waals surface area (Å²) in [5, 5.41) is 13.5. The maximum Gasteiger partial charge on any atom is 0.388 e. The first-order valence-electron chi connectivity index (χ1n) is 7.45. The van der Waals surface area contributed by atoms with Gasteiger partial charge in [-0.25, -0.2) is 14.1 Å². The minimum absolute atomic E-state index is 0.00219. The van der Waals surface area contributed by atoms with Gasteiger partial charge in [-0.3, -0.25) is 4.79 Å². The van der Waals surface area contributed by atoms with Gasteiger partial charge in [-0.2, -0.15) is 13.9 Å². The third-order valence-electron chi connectivity index (χ3n) is 3.42. The Balaban J connectivity index is 2.14. The zero-order valence-corrected chi connectivity index (χ0v) is 16.4. The van der Waals surface area contributed by atoms with Crippen LogP contribution in [0, 0.1) is 5.82 Å². The molecule has 0 N–H and O–H groups in total. The SMILES string of the molecule is Cn1nc(-c2c(F)cc(Cl)c3nc(OC(=O)CC(=O)[O-])sc23)c(Cl)c1OC(F)F. The van der Waals surface area contributed by atoms with Crippen LogP contribution >= 0.6 is 34.5 Å². The van der Waals surface area contributed by atoms with Crippen LogP contribution in [0.25, 0.3) is 21.5 Å². The molecule has 0 saturated heterocycles. The molecule has 0 aliphatic heterocycles. The second kappa shape index (κ2) is 8.05. The predicted octanol–water partition coefficient (Wildman–Crippen LogP) is 2.79. The number of aryl methyl sites for hydroxylation is 1. The number of halogens is 5. The highest BCUT2D eigenvalue weighted by atomic mass is 35.5. The van der Waals surface area contributed by atoms with Crippen molar-refractivity contribution in [2.75, 3.05) is 0 Å². The average molecular weight is 469 g/mol. The zero-order valence-electron chi connectivity index (χ0n) is 14.0. The van der Waals surface area contributed by atoms with E-state index >= 15 is 0 Å². The molecule has 0 aliphatic carbocycles. The number of rotatable bonds is 6. The number of benzene rings is 1. The topological polar surface area (TPSA) is 106 Å². The van der Waals surface area contributed by atoms with Crippen LogP contribution in [0.4, 0.5) is 13.2 Å². The third kappa shape index (κ3) is 4.23. The molecule has 0 radical (unpaired) electrons. The fourth-order valence-electron chi connectivity index (χ4n) is 2.36. The van der Waals surface area contributed by atoms with Gasteiger partial charge >= 0.3 is 12.6 Å². The highest BCUT2D eigenvalue weighted by Crippen LogP contribution is 2.44. The van der Waals surface area contributed by atoms with E-state index in [1.54, 1.807) is 0 Å². The number of hydrogen-bond acceptors (Lipinski definition) is 8. The van der Waals surface area contributed by atoms with Gasteiger partial charge < -0.3 is 19.4 Å². The van der Waals surface area contributed by atoms with Gasteiger partial charge in [0.05, 0.1) is 27.7 Å². The Hall–Kier alpha value is -2.57. The predicted molar refractivity (Wildman–Crippen MR) is 93.7 cm³/mol. The molecule has 0 amide bonds. The summed E-state index contributed by atoms with van der Waals surface area (Å²) >= 11 is 12.7. The number of fused-ring (bicyclic) bond motifs is 1. The molecule has 2 heterocycles. The van der Waals surface area contributed by atoms with E-state index in [0.717, 1.165) is 10.7 Å². The number of hydrogen-bond donors (Lipinski definition) is 0. The molecule has 1 aromatic carbocycles. The van der Waals surface area contributed by atoms with Gasteiger partial charge in [-0.1, -0.05) is 34.5 Å². The highest BCUT2D eigenvalue weighted by Gasteiger charge is 2.27. The maximum atomic E-state index is 14.7. The van der Waals surface area contributed by atoms with Gasteiger partial charge in [0, 0.05) is 7.05 Å². The Bertz CT molecular complexity index is 1130. The molecule has 29 heavy (non-hydrogen) atoms. The van der Waals surface area contributed by atoms with Gasteiger partial charge in [-0.05, 0) is 6.07 Å². The molecule has 0 spiro atoms. The first-order valence-corrected chi connectivity index (χ1v) is 9.02. The number of alkyl halides is 2. The highest BCUT2D eigenvalue weighted by molar-refractivity contribution is 7.21. The number of ether oxygens (including phenoxy) is 2. The van der Waals surface area contributed by atoms with Gasteiger partial charge in [0.15, 0.2) is 0 Å². The molecule has 0 atom stereocenters. The summed E-state index contributed by atoms with van der Waals surface area (Å²) < 4.78 is 49.9. The van der Waals surface area contributed by atoms with Gasteiger partial charge in [0.1, 0.15) is 22.1 Å². The minimum Gasteiger partial charge on any atom is -0.550 e. The van der Waals surface area contributed by atoms with Crippen LogP contribution in [-0.2, 0) is 16.6 Å². The van der Waals surface area contributed by atoms with E-state index in [2.05, 4.69) is 14.8 Å².